The average Bonchev–Trinajstić information content (AvgIpc) is 2.78. The van der Waals surface area contributed by atoms with E-state index < -0.39 is 15.6 Å². The minimum Gasteiger partial charge on any atom is -0.741 e. The second kappa shape index (κ2) is 10.4. The van der Waals surface area contributed by atoms with Crippen molar-refractivity contribution < 1.29 is 35.5 Å². The maximum absolute atomic E-state index is 10.7. The Hall–Kier alpha value is -3.17. The van der Waals surface area contributed by atoms with Gasteiger partial charge in [0.15, 0.2) is 16.3 Å². The Morgan fingerprint density at radius 2 is 1.47 bits per heavy atom. The molecule has 0 amide bonds. The number of fused-ring (bicyclic) bond motifs is 1. The number of ether oxygens (including phenoxy) is 1. The SMILES string of the molecule is C[N+](C)=CC1=C2OC(c3ccccc3)=CC(c3ccccc3)=C2CCC1.O=S(=O)([O-])C(F)(F)F. The zero-order valence-electron chi connectivity index (χ0n) is 18.7. The fraction of sp³-hybridized carbons (Fsp3) is 0.240. The molecule has 0 atom stereocenters. The fourth-order valence-electron chi connectivity index (χ4n) is 3.67. The third-order valence-corrected chi connectivity index (χ3v) is 5.66. The molecule has 0 bridgehead atoms. The zero-order chi connectivity index (χ0) is 24.9. The fourth-order valence-corrected chi connectivity index (χ4v) is 3.67. The monoisotopic (exact) mass is 491 g/mol. The summed E-state index contributed by atoms with van der Waals surface area (Å²) in [6.07, 6.45) is 7.68. The Balaban J connectivity index is 0.000000350. The van der Waals surface area contributed by atoms with Crippen molar-refractivity contribution in [2.24, 2.45) is 0 Å². The molecular formula is C25H24F3NO4S. The second-order valence-electron chi connectivity index (χ2n) is 7.94. The van der Waals surface area contributed by atoms with Crippen LogP contribution < -0.4 is 0 Å². The lowest BCUT2D eigenvalue weighted by Crippen LogP contribution is -2.21. The van der Waals surface area contributed by atoms with Crippen LogP contribution in [0.25, 0.3) is 11.3 Å². The number of hydrogen-bond donors (Lipinski definition) is 0. The average molecular weight is 492 g/mol. The molecule has 2 aromatic rings. The quantitative estimate of drug-likeness (QED) is 0.251. The zero-order valence-corrected chi connectivity index (χ0v) is 19.5. The molecule has 0 fully saturated rings. The Labute approximate surface area is 197 Å². The van der Waals surface area contributed by atoms with Crippen LogP contribution in [0.2, 0.25) is 0 Å². The predicted molar refractivity (Wildman–Crippen MR) is 124 cm³/mol. The highest BCUT2D eigenvalue weighted by molar-refractivity contribution is 7.86. The summed E-state index contributed by atoms with van der Waals surface area (Å²) in [6.45, 7) is 0. The van der Waals surface area contributed by atoms with Gasteiger partial charge in [-0.2, -0.15) is 13.2 Å². The van der Waals surface area contributed by atoms with Crippen molar-refractivity contribution in [2.75, 3.05) is 14.1 Å². The lowest BCUT2D eigenvalue weighted by atomic mass is 9.85. The van der Waals surface area contributed by atoms with Gasteiger partial charge in [0, 0.05) is 11.1 Å². The van der Waals surface area contributed by atoms with E-state index in [1.165, 1.54) is 22.3 Å². The van der Waals surface area contributed by atoms with Crippen LogP contribution in [0.4, 0.5) is 13.2 Å². The summed E-state index contributed by atoms with van der Waals surface area (Å²) in [6, 6.07) is 21.0. The third-order valence-electron chi connectivity index (χ3n) is 5.09. The van der Waals surface area contributed by atoms with Crippen LogP contribution in [0.1, 0.15) is 30.4 Å². The predicted octanol–water partition coefficient (Wildman–Crippen LogP) is 5.34. The Bertz CT molecular complexity index is 1260. The van der Waals surface area contributed by atoms with Gasteiger partial charge < -0.3 is 9.29 Å². The van der Waals surface area contributed by atoms with Crippen LogP contribution in [0, 0.1) is 0 Å². The summed E-state index contributed by atoms with van der Waals surface area (Å²) in [5, 5.41) is 0. The van der Waals surface area contributed by atoms with Gasteiger partial charge in [-0.3, -0.25) is 0 Å². The van der Waals surface area contributed by atoms with E-state index in [1.54, 1.807) is 0 Å². The lowest BCUT2D eigenvalue weighted by molar-refractivity contribution is -0.459. The van der Waals surface area contributed by atoms with Crippen molar-refractivity contribution in [2.45, 2.75) is 24.8 Å². The molecule has 9 heteroatoms. The molecule has 1 heterocycles. The van der Waals surface area contributed by atoms with Crippen molar-refractivity contribution in [3.63, 3.8) is 0 Å². The molecule has 1 aliphatic carbocycles. The molecule has 0 aromatic heterocycles. The van der Waals surface area contributed by atoms with Crippen molar-refractivity contribution in [3.05, 3.63) is 94.8 Å². The first-order chi connectivity index (χ1) is 16.0. The number of rotatable bonds is 3. The van der Waals surface area contributed by atoms with Crippen molar-refractivity contribution >= 4 is 27.7 Å². The van der Waals surface area contributed by atoms with Crippen LogP contribution in [-0.4, -0.2) is 43.4 Å². The van der Waals surface area contributed by atoms with Crippen molar-refractivity contribution in [1.29, 1.82) is 0 Å². The summed E-state index contributed by atoms with van der Waals surface area (Å²) >= 11 is 0. The van der Waals surface area contributed by atoms with Crippen LogP contribution in [0.15, 0.2) is 83.6 Å². The molecule has 5 nitrogen and oxygen atoms in total. The number of benzene rings is 2. The summed E-state index contributed by atoms with van der Waals surface area (Å²) in [7, 11) is -1.95. The number of halogens is 3. The highest BCUT2D eigenvalue weighted by atomic mass is 32.2. The highest BCUT2D eigenvalue weighted by Gasteiger charge is 2.37. The van der Waals surface area contributed by atoms with E-state index in [0.29, 0.717) is 0 Å². The number of hydrogen-bond acceptors (Lipinski definition) is 4. The first kappa shape index (κ1) is 25.5. The van der Waals surface area contributed by atoms with E-state index in [9.17, 15) is 13.2 Å². The van der Waals surface area contributed by atoms with Crippen molar-refractivity contribution in [1.82, 2.24) is 0 Å². The van der Waals surface area contributed by atoms with E-state index in [0.717, 1.165) is 36.3 Å². The van der Waals surface area contributed by atoms with Gasteiger partial charge in [-0.1, -0.05) is 60.7 Å². The molecule has 0 saturated heterocycles. The maximum Gasteiger partial charge on any atom is 0.485 e. The number of nitrogens with zero attached hydrogens (tertiary/aromatic N) is 1. The largest absolute Gasteiger partial charge is 0.741 e. The van der Waals surface area contributed by atoms with E-state index in [2.05, 4.69) is 85.6 Å². The molecule has 2 aliphatic rings. The van der Waals surface area contributed by atoms with Gasteiger partial charge in [0.2, 0.25) is 0 Å². The molecule has 4 rings (SSSR count). The molecule has 1 aliphatic heterocycles. The highest BCUT2D eigenvalue weighted by Crippen LogP contribution is 2.42. The van der Waals surface area contributed by atoms with E-state index in [1.807, 2.05) is 6.07 Å². The third kappa shape index (κ3) is 6.24. The molecule has 180 valence electrons. The molecule has 0 radical (unpaired) electrons. The Kier molecular flexibility index (Phi) is 7.78. The molecule has 0 unspecified atom stereocenters. The molecule has 0 saturated carbocycles. The topological polar surface area (TPSA) is 69.4 Å². The molecule has 0 spiro atoms. The van der Waals surface area contributed by atoms with Gasteiger partial charge in [0.05, 0.1) is 5.57 Å². The lowest BCUT2D eigenvalue weighted by Gasteiger charge is -2.28. The minimum absolute atomic E-state index is 0.926. The second-order valence-corrected chi connectivity index (χ2v) is 9.31. The van der Waals surface area contributed by atoms with Crippen LogP contribution in [0.5, 0.6) is 0 Å². The van der Waals surface area contributed by atoms with Crippen LogP contribution in [0.3, 0.4) is 0 Å². The maximum atomic E-state index is 10.7. The van der Waals surface area contributed by atoms with E-state index in [4.69, 9.17) is 17.7 Å². The summed E-state index contributed by atoms with van der Waals surface area (Å²) in [4.78, 5) is 0. The summed E-state index contributed by atoms with van der Waals surface area (Å²) in [5.74, 6) is 1.97. The molecule has 34 heavy (non-hydrogen) atoms. The number of allylic oxidation sites excluding steroid dienone is 4. The minimum atomic E-state index is -6.09. The van der Waals surface area contributed by atoms with Gasteiger partial charge in [-0.15, -0.1) is 0 Å². The molecular weight excluding hydrogens is 467 g/mol. The Morgan fingerprint density at radius 3 is 1.97 bits per heavy atom. The van der Waals surface area contributed by atoms with Gasteiger partial charge >= 0.3 is 5.51 Å². The first-order valence-corrected chi connectivity index (χ1v) is 11.9. The summed E-state index contributed by atoms with van der Waals surface area (Å²) < 4.78 is 67.5. The van der Waals surface area contributed by atoms with Gasteiger partial charge in [0.1, 0.15) is 25.6 Å². The molecule has 2 aromatic carbocycles. The molecule has 0 N–H and O–H groups in total. The summed E-state index contributed by atoms with van der Waals surface area (Å²) in [5.41, 5.74) is 0.620. The van der Waals surface area contributed by atoms with Crippen molar-refractivity contribution in [3.8, 4) is 0 Å². The first-order valence-electron chi connectivity index (χ1n) is 10.5. The normalized spacial score (nSPS) is 16.0. The Morgan fingerprint density at radius 1 is 0.941 bits per heavy atom. The number of alkyl halides is 3. The van der Waals surface area contributed by atoms with Crippen LogP contribution >= 0.6 is 0 Å². The van der Waals surface area contributed by atoms with Gasteiger partial charge in [-0.25, -0.2) is 13.0 Å². The van der Waals surface area contributed by atoms with E-state index >= 15 is 0 Å². The van der Waals surface area contributed by atoms with Gasteiger partial charge in [0.25, 0.3) is 0 Å². The van der Waals surface area contributed by atoms with Crippen LogP contribution in [-0.2, 0) is 14.9 Å². The smallest absolute Gasteiger partial charge is 0.485 e. The van der Waals surface area contributed by atoms with E-state index in [-0.39, 0.29) is 0 Å². The van der Waals surface area contributed by atoms with Gasteiger partial charge in [-0.05, 0) is 36.5 Å². The standard InChI is InChI=1S/C24H24NO.CHF3O3S/c1-25(2)17-20-14-9-15-21-22(18-10-5-3-6-11-18)16-23(26-24(20)21)19-12-7-4-8-13-19;2-1(3,4)8(5,6)7/h3-8,10-13,16-17H,9,14-15H2,1-2H3;(H,5,6,7)/q+1;/p-1.